The Kier molecular flexibility index (Phi) is 10.4. The van der Waals surface area contributed by atoms with Crippen molar-refractivity contribution in [1.29, 1.82) is 0 Å². The quantitative estimate of drug-likeness (QED) is 0.238. The molecule has 0 unspecified atom stereocenters. The maximum absolute atomic E-state index is 13.3. The molecule has 32 heavy (non-hydrogen) atoms. The highest BCUT2D eigenvalue weighted by Gasteiger charge is 2.82. The number of rotatable bonds is 10. The van der Waals surface area contributed by atoms with E-state index in [0.29, 0.717) is 0 Å². The first-order valence-corrected chi connectivity index (χ1v) is 10.1. The van der Waals surface area contributed by atoms with Gasteiger partial charge in [0.1, 0.15) is 0 Å². The number of alkyl halides is 11. The van der Waals surface area contributed by atoms with E-state index in [2.05, 4.69) is 4.98 Å². The molecule has 188 valence electrons. The molecule has 0 aromatic carbocycles. The SMILES string of the molecule is O=S(=O)([O-])C(F)(F)C(F)(F)C(F)(F)C(F)(F)CCCCCCC(F)(F)F.c1cc[nH+]cc1. The van der Waals surface area contributed by atoms with E-state index in [9.17, 15) is 61.3 Å². The molecule has 0 aliphatic heterocycles. The molecule has 1 heterocycles. The maximum Gasteiger partial charge on any atom is 0.402 e. The van der Waals surface area contributed by atoms with Gasteiger partial charge in [-0.1, -0.05) is 18.9 Å². The van der Waals surface area contributed by atoms with Crippen molar-refractivity contribution < 1.29 is 66.2 Å². The van der Waals surface area contributed by atoms with Gasteiger partial charge < -0.3 is 4.55 Å². The molecule has 0 amide bonds. The summed E-state index contributed by atoms with van der Waals surface area (Å²) >= 11 is 0. The molecular formula is C16H18F11NO3S. The summed E-state index contributed by atoms with van der Waals surface area (Å²) in [4.78, 5) is 2.89. The highest BCUT2D eigenvalue weighted by Crippen LogP contribution is 2.55. The van der Waals surface area contributed by atoms with Crippen molar-refractivity contribution in [3.8, 4) is 0 Å². The van der Waals surface area contributed by atoms with Crippen LogP contribution in [0.5, 0.6) is 0 Å². The summed E-state index contributed by atoms with van der Waals surface area (Å²) in [6, 6.07) is 5.86. The van der Waals surface area contributed by atoms with Gasteiger partial charge >= 0.3 is 29.2 Å². The predicted molar refractivity (Wildman–Crippen MR) is 86.2 cm³/mol. The van der Waals surface area contributed by atoms with E-state index >= 15 is 0 Å². The van der Waals surface area contributed by atoms with Gasteiger partial charge in [0.05, 0.1) is 0 Å². The van der Waals surface area contributed by atoms with Gasteiger partial charge in [-0.25, -0.2) is 13.4 Å². The molecule has 1 aromatic heterocycles. The van der Waals surface area contributed by atoms with Crippen molar-refractivity contribution in [3.05, 3.63) is 30.6 Å². The first-order chi connectivity index (χ1) is 14.2. The lowest BCUT2D eigenvalue weighted by atomic mass is 9.98. The Morgan fingerprint density at radius 3 is 1.41 bits per heavy atom. The third-order valence-electron chi connectivity index (χ3n) is 3.84. The predicted octanol–water partition coefficient (Wildman–Crippen LogP) is 5.43. The van der Waals surface area contributed by atoms with Crippen LogP contribution in [0, 0.1) is 0 Å². The van der Waals surface area contributed by atoms with Gasteiger partial charge in [-0.2, -0.15) is 48.3 Å². The topological polar surface area (TPSA) is 71.3 Å². The third kappa shape index (κ3) is 8.01. The number of unbranched alkanes of at least 4 members (excludes halogenated alkanes) is 3. The van der Waals surface area contributed by atoms with E-state index in [-0.39, 0.29) is 6.42 Å². The highest BCUT2D eigenvalue weighted by atomic mass is 32.2. The van der Waals surface area contributed by atoms with Crippen LogP contribution in [0.15, 0.2) is 30.6 Å². The van der Waals surface area contributed by atoms with Crippen LogP contribution < -0.4 is 4.98 Å². The Balaban J connectivity index is 0.00000136. The van der Waals surface area contributed by atoms with Crippen LogP contribution >= 0.6 is 0 Å². The number of hydrogen-bond acceptors (Lipinski definition) is 3. The fraction of sp³-hybridized carbons (Fsp3) is 0.688. The Bertz CT molecular complexity index is 757. The van der Waals surface area contributed by atoms with Gasteiger partial charge in [0.15, 0.2) is 22.5 Å². The summed E-state index contributed by atoms with van der Waals surface area (Å²) in [6.45, 7) is 0. The van der Waals surface area contributed by atoms with Crippen LogP contribution in [0.25, 0.3) is 0 Å². The van der Waals surface area contributed by atoms with Gasteiger partial charge in [0.2, 0.25) is 0 Å². The zero-order valence-electron chi connectivity index (χ0n) is 15.9. The minimum absolute atomic E-state index is 0.386. The summed E-state index contributed by atoms with van der Waals surface area (Å²) in [7, 11) is -7.40. The molecule has 0 bridgehead atoms. The van der Waals surface area contributed by atoms with Crippen molar-refractivity contribution in [2.24, 2.45) is 0 Å². The van der Waals surface area contributed by atoms with E-state index < -0.39 is 71.4 Å². The molecule has 0 aliphatic carbocycles. The molecule has 1 N–H and O–H groups in total. The molecule has 16 heteroatoms. The van der Waals surface area contributed by atoms with Crippen molar-refractivity contribution in [3.63, 3.8) is 0 Å². The zero-order valence-corrected chi connectivity index (χ0v) is 16.7. The van der Waals surface area contributed by atoms with Crippen LogP contribution in [0.3, 0.4) is 0 Å². The third-order valence-corrected chi connectivity index (χ3v) is 4.73. The smallest absolute Gasteiger partial charge is 0.402 e. The maximum atomic E-state index is 13.3. The number of aromatic amines is 1. The van der Waals surface area contributed by atoms with Gasteiger partial charge in [0.25, 0.3) is 0 Å². The number of hydrogen-bond donors (Lipinski definition) is 0. The van der Waals surface area contributed by atoms with E-state index in [4.69, 9.17) is 0 Å². The van der Waals surface area contributed by atoms with E-state index in [1.807, 2.05) is 30.6 Å². The molecule has 0 aliphatic rings. The standard InChI is InChI=1S/C11H13F11O3S.C5H5N/c12-7(13,5-3-1-2-4-6-8(14,15)16)9(17,18)10(19,20)11(21,22)26(23,24)25;1-2-4-6-5-3-1/h1-6H2,(H,23,24,25);1-5H. The highest BCUT2D eigenvalue weighted by molar-refractivity contribution is 7.86. The van der Waals surface area contributed by atoms with Crippen molar-refractivity contribution >= 4 is 10.1 Å². The number of aromatic nitrogens is 1. The summed E-state index contributed by atoms with van der Waals surface area (Å²) < 4.78 is 170. The Labute approximate surface area is 175 Å². The van der Waals surface area contributed by atoms with E-state index in [1.54, 1.807) is 0 Å². The Hall–Kier alpha value is -1.71. The zero-order chi connectivity index (χ0) is 25.5. The van der Waals surface area contributed by atoms with Crippen LogP contribution in [0.4, 0.5) is 48.3 Å². The average Bonchev–Trinajstić information content (AvgIpc) is 2.64. The molecular weight excluding hydrogens is 495 g/mol. The summed E-state index contributed by atoms with van der Waals surface area (Å²) in [5.41, 5.74) is 0. The minimum Gasteiger partial charge on any atom is -0.743 e. The first-order valence-electron chi connectivity index (χ1n) is 8.65. The molecule has 1 aromatic rings. The Morgan fingerprint density at radius 1 is 0.656 bits per heavy atom. The fourth-order valence-corrected chi connectivity index (χ4v) is 2.54. The summed E-state index contributed by atoms with van der Waals surface area (Å²) in [5.74, 6) is -20.0. The van der Waals surface area contributed by atoms with E-state index in [0.717, 1.165) is 0 Å². The van der Waals surface area contributed by atoms with Crippen molar-refractivity contribution in [2.45, 2.75) is 67.7 Å². The van der Waals surface area contributed by atoms with Crippen molar-refractivity contribution in [1.82, 2.24) is 0 Å². The minimum atomic E-state index is -7.40. The molecule has 0 radical (unpaired) electrons. The average molecular weight is 513 g/mol. The summed E-state index contributed by atoms with van der Waals surface area (Å²) in [6.07, 6.45) is -6.76. The lowest BCUT2D eigenvalue weighted by Crippen LogP contribution is -2.64. The molecule has 0 saturated heterocycles. The van der Waals surface area contributed by atoms with Crippen LogP contribution in [-0.2, 0) is 10.1 Å². The van der Waals surface area contributed by atoms with Gasteiger partial charge in [0, 0.05) is 25.0 Å². The molecule has 0 saturated carbocycles. The van der Waals surface area contributed by atoms with Crippen molar-refractivity contribution in [2.75, 3.05) is 0 Å². The Morgan fingerprint density at radius 2 is 1.09 bits per heavy atom. The number of H-pyrrole nitrogens is 1. The molecule has 0 fully saturated rings. The van der Waals surface area contributed by atoms with Gasteiger partial charge in [-0.3, -0.25) is 0 Å². The van der Waals surface area contributed by atoms with E-state index in [1.165, 1.54) is 0 Å². The molecule has 0 spiro atoms. The van der Waals surface area contributed by atoms with Crippen LogP contribution in [0.2, 0.25) is 0 Å². The molecule has 1 rings (SSSR count). The first kappa shape index (κ1) is 30.3. The number of halogens is 11. The lowest BCUT2D eigenvalue weighted by molar-refractivity contribution is -0.377. The molecule has 4 nitrogen and oxygen atoms in total. The summed E-state index contributed by atoms with van der Waals surface area (Å²) in [5, 5.41) is -7.01. The second kappa shape index (κ2) is 10.9. The number of pyridine rings is 1. The monoisotopic (exact) mass is 513 g/mol. The second-order valence-electron chi connectivity index (χ2n) is 6.43. The number of nitrogens with one attached hydrogen (secondary N) is 1. The van der Waals surface area contributed by atoms with Crippen LogP contribution in [0.1, 0.15) is 38.5 Å². The van der Waals surface area contributed by atoms with Gasteiger partial charge in [-0.15, -0.1) is 0 Å². The fourth-order valence-electron chi connectivity index (χ4n) is 2.09. The van der Waals surface area contributed by atoms with Gasteiger partial charge in [-0.05, 0) is 12.8 Å². The second-order valence-corrected chi connectivity index (χ2v) is 7.85. The normalized spacial score (nSPS) is 14.0. The largest absolute Gasteiger partial charge is 0.743 e. The van der Waals surface area contributed by atoms with Crippen LogP contribution in [-0.4, -0.2) is 42.2 Å². The molecule has 0 atom stereocenters. The lowest BCUT2D eigenvalue weighted by Gasteiger charge is -2.37.